The molecule has 0 rings (SSSR count). The Morgan fingerprint density at radius 1 is 1.45 bits per heavy atom. The largest absolute Gasteiger partial charge is 0.392 e. The maximum Gasteiger partial charge on any atom is 0.0649 e. The summed E-state index contributed by atoms with van der Waals surface area (Å²) in [7, 11) is 1.86. The van der Waals surface area contributed by atoms with Crippen molar-refractivity contribution in [3.05, 3.63) is 0 Å². The Labute approximate surface area is 69.0 Å². The van der Waals surface area contributed by atoms with Crippen LogP contribution in [0.2, 0.25) is 0 Å². The third kappa shape index (κ3) is 7.38. The summed E-state index contributed by atoms with van der Waals surface area (Å²) in [5.41, 5.74) is 0. The summed E-state index contributed by atoms with van der Waals surface area (Å²) in [6.07, 6.45) is 2.25. The van der Waals surface area contributed by atoms with E-state index in [0.717, 1.165) is 12.8 Å². The highest BCUT2D eigenvalue weighted by atomic mass is 16.3. The molecular formula is C9H17NO. The Morgan fingerprint density at radius 2 is 2.18 bits per heavy atom. The van der Waals surface area contributed by atoms with E-state index in [1.54, 1.807) is 0 Å². The van der Waals surface area contributed by atoms with Gasteiger partial charge in [-0.1, -0.05) is 25.2 Å². The number of aliphatic hydroxyl groups excluding tert-OH is 1. The van der Waals surface area contributed by atoms with Crippen molar-refractivity contribution in [2.45, 2.75) is 32.3 Å². The summed E-state index contributed by atoms with van der Waals surface area (Å²) in [5, 5.41) is 12.1. The van der Waals surface area contributed by atoms with Crippen molar-refractivity contribution >= 4 is 0 Å². The van der Waals surface area contributed by atoms with E-state index in [9.17, 15) is 5.11 Å². The molecule has 2 heteroatoms. The van der Waals surface area contributed by atoms with Gasteiger partial charge in [0.25, 0.3) is 0 Å². The van der Waals surface area contributed by atoms with Crippen molar-refractivity contribution in [2.24, 2.45) is 0 Å². The summed E-state index contributed by atoms with van der Waals surface area (Å²) in [4.78, 5) is 0. The van der Waals surface area contributed by atoms with E-state index < -0.39 is 0 Å². The normalized spacial score (nSPS) is 11.9. The maximum atomic E-state index is 9.23. The van der Waals surface area contributed by atoms with Crippen LogP contribution in [0.25, 0.3) is 0 Å². The third-order valence-electron chi connectivity index (χ3n) is 1.35. The first-order chi connectivity index (χ1) is 5.31. The Hall–Kier alpha value is -0.520. The first-order valence-corrected chi connectivity index (χ1v) is 4.09. The fourth-order valence-electron chi connectivity index (χ4n) is 0.776. The molecule has 0 aromatic heterocycles. The van der Waals surface area contributed by atoms with Gasteiger partial charge >= 0.3 is 0 Å². The van der Waals surface area contributed by atoms with Crippen LogP contribution in [0.3, 0.4) is 0 Å². The molecule has 2 N–H and O–H groups in total. The predicted octanol–water partition coefficient (Wildman–Crippen LogP) is 0.760. The summed E-state index contributed by atoms with van der Waals surface area (Å²) < 4.78 is 0. The SMILES string of the molecule is CCCC(O)CC#CCNC. The van der Waals surface area contributed by atoms with E-state index >= 15 is 0 Å². The summed E-state index contributed by atoms with van der Waals surface area (Å²) in [5.74, 6) is 5.81. The molecule has 0 aromatic carbocycles. The second kappa shape index (κ2) is 7.59. The van der Waals surface area contributed by atoms with E-state index in [-0.39, 0.29) is 6.10 Å². The zero-order valence-electron chi connectivity index (χ0n) is 7.35. The lowest BCUT2D eigenvalue weighted by molar-refractivity contribution is 0.169. The van der Waals surface area contributed by atoms with Crippen LogP contribution in [-0.4, -0.2) is 24.8 Å². The van der Waals surface area contributed by atoms with Crippen molar-refractivity contribution in [2.75, 3.05) is 13.6 Å². The lowest BCUT2D eigenvalue weighted by atomic mass is 10.1. The lowest BCUT2D eigenvalue weighted by Crippen LogP contribution is -2.06. The molecule has 11 heavy (non-hydrogen) atoms. The molecule has 0 spiro atoms. The van der Waals surface area contributed by atoms with E-state index in [4.69, 9.17) is 0 Å². The average Bonchev–Trinajstić information content (AvgIpc) is 1.99. The molecular weight excluding hydrogens is 138 g/mol. The van der Waals surface area contributed by atoms with Gasteiger partial charge < -0.3 is 10.4 Å². The average molecular weight is 155 g/mol. The van der Waals surface area contributed by atoms with Crippen molar-refractivity contribution in [3.63, 3.8) is 0 Å². The van der Waals surface area contributed by atoms with Crippen LogP contribution < -0.4 is 5.32 Å². The molecule has 0 saturated heterocycles. The van der Waals surface area contributed by atoms with Crippen LogP contribution in [-0.2, 0) is 0 Å². The van der Waals surface area contributed by atoms with E-state index in [1.165, 1.54) is 0 Å². The second-order valence-electron chi connectivity index (χ2n) is 2.53. The lowest BCUT2D eigenvalue weighted by Gasteiger charge is -2.02. The molecule has 1 unspecified atom stereocenters. The molecule has 0 aliphatic rings. The zero-order valence-corrected chi connectivity index (χ0v) is 7.35. The highest BCUT2D eigenvalue weighted by Crippen LogP contribution is 1.98. The summed E-state index contributed by atoms with van der Waals surface area (Å²) in [6, 6.07) is 0. The van der Waals surface area contributed by atoms with Crippen molar-refractivity contribution < 1.29 is 5.11 Å². The van der Waals surface area contributed by atoms with Crippen LogP contribution in [0.15, 0.2) is 0 Å². The molecule has 0 heterocycles. The molecule has 64 valence electrons. The minimum absolute atomic E-state index is 0.232. The molecule has 0 amide bonds. The minimum Gasteiger partial charge on any atom is -0.392 e. The van der Waals surface area contributed by atoms with Gasteiger partial charge in [-0.25, -0.2) is 0 Å². The summed E-state index contributed by atoms with van der Waals surface area (Å²) >= 11 is 0. The quantitative estimate of drug-likeness (QED) is 0.587. The molecule has 2 nitrogen and oxygen atoms in total. The first-order valence-electron chi connectivity index (χ1n) is 4.09. The maximum absolute atomic E-state index is 9.23. The standard InChI is InChI=1S/C9H17NO/c1-3-6-9(11)7-4-5-8-10-2/h9-11H,3,6-8H2,1-2H3. The highest BCUT2D eigenvalue weighted by molar-refractivity contribution is 5.01. The Bertz CT molecular complexity index is 134. The predicted molar refractivity (Wildman–Crippen MR) is 47.2 cm³/mol. The molecule has 1 atom stereocenters. The monoisotopic (exact) mass is 155 g/mol. The number of aliphatic hydroxyl groups is 1. The topological polar surface area (TPSA) is 32.3 Å². The number of hydrogen-bond donors (Lipinski definition) is 2. The molecule has 0 aromatic rings. The molecule has 0 fully saturated rings. The van der Waals surface area contributed by atoms with Gasteiger partial charge in [0.05, 0.1) is 12.6 Å². The molecule has 0 aliphatic carbocycles. The molecule has 0 aliphatic heterocycles. The van der Waals surface area contributed by atoms with Gasteiger partial charge in [0.1, 0.15) is 0 Å². The van der Waals surface area contributed by atoms with Crippen LogP contribution in [0.1, 0.15) is 26.2 Å². The minimum atomic E-state index is -0.232. The van der Waals surface area contributed by atoms with Gasteiger partial charge in [-0.2, -0.15) is 0 Å². The van der Waals surface area contributed by atoms with Gasteiger partial charge in [0.2, 0.25) is 0 Å². The molecule has 0 bridgehead atoms. The van der Waals surface area contributed by atoms with E-state index in [2.05, 4.69) is 24.1 Å². The Balaban J connectivity index is 3.30. The van der Waals surface area contributed by atoms with Gasteiger partial charge in [0.15, 0.2) is 0 Å². The number of nitrogens with one attached hydrogen (secondary N) is 1. The summed E-state index contributed by atoms with van der Waals surface area (Å²) in [6.45, 7) is 2.77. The van der Waals surface area contributed by atoms with Crippen LogP contribution >= 0.6 is 0 Å². The highest BCUT2D eigenvalue weighted by Gasteiger charge is 1.97. The van der Waals surface area contributed by atoms with Gasteiger partial charge in [-0.3, -0.25) is 0 Å². The van der Waals surface area contributed by atoms with Crippen LogP contribution in [0.4, 0.5) is 0 Å². The molecule has 0 saturated carbocycles. The third-order valence-corrected chi connectivity index (χ3v) is 1.35. The first kappa shape index (κ1) is 10.5. The molecule has 0 radical (unpaired) electrons. The Morgan fingerprint density at radius 3 is 2.73 bits per heavy atom. The van der Waals surface area contributed by atoms with Gasteiger partial charge in [-0.15, -0.1) is 0 Å². The van der Waals surface area contributed by atoms with E-state index in [1.807, 2.05) is 7.05 Å². The van der Waals surface area contributed by atoms with Gasteiger partial charge in [0, 0.05) is 6.42 Å². The Kier molecular flexibility index (Phi) is 7.23. The van der Waals surface area contributed by atoms with E-state index in [0.29, 0.717) is 13.0 Å². The zero-order chi connectivity index (χ0) is 8.53. The van der Waals surface area contributed by atoms with Crippen molar-refractivity contribution in [3.8, 4) is 11.8 Å². The second-order valence-corrected chi connectivity index (χ2v) is 2.53. The number of rotatable bonds is 4. The van der Waals surface area contributed by atoms with Crippen molar-refractivity contribution in [1.29, 1.82) is 0 Å². The van der Waals surface area contributed by atoms with Crippen LogP contribution in [0.5, 0.6) is 0 Å². The van der Waals surface area contributed by atoms with Crippen molar-refractivity contribution in [1.82, 2.24) is 5.32 Å². The smallest absolute Gasteiger partial charge is 0.0649 e. The number of hydrogen-bond acceptors (Lipinski definition) is 2. The van der Waals surface area contributed by atoms with Gasteiger partial charge in [-0.05, 0) is 13.5 Å². The fourth-order valence-corrected chi connectivity index (χ4v) is 0.776. The van der Waals surface area contributed by atoms with Crippen LogP contribution in [0, 0.1) is 11.8 Å². The fraction of sp³-hybridized carbons (Fsp3) is 0.778.